The maximum absolute atomic E-state index is 13.0. The van der Waals surface area contributed by atoms with Crippen molar-refractivity contribution in [1.29, 1.82) is 0 Å². The van der Waals surface area contributed by atoms with Crippen molar-refractivity contribution in [2.45, 2.75) is 11.8 Å². The summed E-state index contributed by atoms with van der Waals surface area (Å²) in [6.07, 6.45) is 2.73. The lowest BCUT2D eigenvalue weighted by atomic mass is 10.2. The summed E-state index contributed by atoms with van der Waals surface area (Å²) in [7, 11) is -3.92. The molecule has 2 rings (SSSR count). The number of nitrogens with zero attached hydrogens (tertiary/aromatic N) is 1. The van der Waals surface area contributed by atoms with E-state index in [0.717, 1.165) is 15.9 Å². The van der Waals surface area contributed by atoms with Gasteiger partial charge in [-0.15, -0.1) is 0 Å². The van der Waals surface area contributed by atoms with Crippen LogP contribution < -0.4 is 4.31 Å². The molecule has 2 aromatic rings. The van der Waals surface area contributed by atoms with Gasteiger partial charge in [-0.1, -0.05) is 35.9 Å². The van der Waals surface area contributed by atoms with E-state index >= 15 is 0 Å². The molecule has 0 fully saturated rings. The average Bonchev–Trinajstić information content (AvgIpc) is 2.58. The topological polar surface area (TPSA) is 91.8 Å². The van der Waals surface area contributed by atoms with E-state index in [-0.39, 0.29) is 17.1 Å². The molecule has 2 aromatic carbocycles. The first-order valence-electron chi connectivity index (χ1n) is 7.38. The molecular formula is C18H17NO5S. The van der Waals surface area contributed by atoms with Gasteiger partial charge in [0.2, 0.25) is 0 Å². The van der Waals surface area contributed by atoms with Gasteiger partial charge in [0.15, 0.2) is 0 Å². The summed E-state index contributed by atoms with van der Waals surface area (Å²) >= 11 is 0. The summed E-state index contributed by atoms with van der Waals surface area (Å²) in [6, 6.07) is 12.4. The van der Waals surface area contributed by atoms with Crippen LogP contribution in [0.2, 0.25) is 0 Å². The molecule has 25 heavy (non-hydrogen) atoms. The molecule has 6 nitrogen and oxygen atoms in total. The van der Waals surface area contributed by atoms with Crippen molar-refractivity contribution in [2.24, 2.45) is 0 Å². The zero-order valence-corrected chi connectivity index (χ0v) is 14.3. The first-order chi connectivity index (χ1) is 11.8. The molecule has 7 heteroatoms. The van der Waals surface area contributed by atoms with Crippen LogP contribution in [0.1, 0.15) is 15.9 Å². The Kier molecular flexibility index (Phi) is 5.71. The number of carbonyl (C=O) groups excluding carboxylic acids is 1. The Hall–Kier alpha value is -2.93. The van der Waals surface area contributed by atoms with Gasteiger partial charge < -0.3 is 5.11 Å². The standard InChI is InChI=1S/C18H17NO5S/c1-14-7-9-17(10-8-14)25(23,24)19(11-3-6-18(21)22)16-5-2-4-15(12-16)13-20/h2-10,12-13H,11H2,1H3,(H,21,22)/b6-3+. The number of benzene rings is 2. The lowest BCUT2D eigenvalue weighted by molar-refractivity contribution is -0.131. The summed E-state index contributed by atoms with van der Waals surface area (Å²) in [6.45, 7) is 1.67. The lowest BCUT2D eigenvalue weighted by Crippen LogP contribution is -2.31. The minimum absolute atomic E-state index is 0.0818. The van der Waals surface area contributed by atoms with Crippen LogP contribution in [0.15, 0.2) is 65.6 Å². The van der Waals surface area contributed by atoms with Crippen molar-refractivity contribution in [3.05, 3.63) is 71.8 Å². The van der Waals surface area contributed by atoms with Crippen LogP contribution in [-0.2, 0) is 14.8 Å². The molecule has 0 saturated carbocycles. The number of hydrogen-bond donors (Lipinski definition) is 1. The molecule has 0 aromatic heterocycles. The van der Waals surface area contributed by atoms with Gasteiger partial charge in [-0.3, -0.25) is 9.10 Å². The summed E-state index contributed by atoms with van der Waals surface area (Å²) in [5.41, 5.74) is 1.52. The molecule has 0 radical (unpaired) electrons. The van der Waals surface area contributed by atoms with Crippen molar-refractivity contribution < 1.29 is 23.1 Å². The molecule has 130 valence electrons. The predicted octanol–water partition coefficient (Wildman–Crippen LogP) is 2.64. The molecule has 0 unspecified atom stereocenters. The Bertz CT molecular complexity index is 901. The highest BCUT2D eigenvalue weighted by Gasteiger charge is 2.24. The number of anilines is 1. The van der Waals surface area contributed by atoms with Crippen LogP contribution >= 0.6 is 0 Å². The second-order valence-electron chi connectivity index (χ2n) is 5.30. The number of rotatable bonds is 7. The van der Waals surface area contributed by atoms with E-state index in [0.29, 0.717) is 11.8 Å². The zero-order valence-electron chi connectivity index (χ0n) is 13.5. The quantitative estimate of drug-likeness (QED) is 0.606. The molecule has 0 aliphatic heterocycles. The van der Waals surface area contributed by atoms with E-state index in [1.54, 1.807) is 30.3 Å². The minimum Gasteiger partial charge on any atom is -0.478 e. The SMILES string of the molecule is Cc1ccc(S(=O)(=O)N(C/C=C/C(=O)O)c2cccc(C=O)c2)cc1. The van der Waals surface area contributed by atoms with Crippen molar-refractivity contribution in [1.82, 2.24) is 0 Å². The zero-order chi connectivity index (χ0) is 18.4. The van der Waals surface area contributed by atoms with Gasteiger partial charge in [-0.25, -0.2) is 13.2 Å². The van der Waals surface area contributed by atoms with E-state index in [2.05, 4.69) is 0 Å². The highest BCUT2D eigenvalue weighted by molar-refractivity contribution is 7.92. The number of carboxylic acids is 1. The van der Waals surface area contributed by atoms with Gasteiger partial charge in [-0.2, -0.15) is 0 Å². The number of aryl methyl sites for hydroxylation is 1. The van der Waals surface area contributed by atoms with Gasteiger partial charge in [0.05, 0.1) is 17.1 Å². The summed E-state index contributed by atoms with van der Waals surface area (Å²) in [5, 5.41) is 8.73. The summed E-state index contributed by atoms with van der Waals surface area (Å²) in [4.78, 5) is 21.7. The number of aldehydes is 1. The van der Waals surface area contributed by atoms with Crippen LogP contribution in [0.5, 0.6) is 0 Å². The summed E-state index contributed by atoms with van der Waals surface area (Å²) < 4.78 is 27.0. The third kappa shape index (κ3) is 4.54. The second-order valence-corrected chi connectivity index (χ2v) is 7.16. The summed E-state index contributed by atoms with van der Waals surface area (Å²) in [5.74, 6) is -1.17. The average molecular weight is 359 g/mol. The fourth-order valence-corrected chi connectivity index (χ4v) is 3.59. The van der Waals surface area contributed by atoms with Crippen LogP contribution in [0, 0.1) is 6.92 Å². The van der Waals surface area contributed by atoms with Crippen LogP contribution in [0.25, 0.3) is 0 Å². The highest BCUT2D eigenvalue weighted by atomic mass is 32.2. The Labute approximate surface area is 146 Å². The predicted molar refractivity (Wildman–Crippen MR) is 94.3 cm³/mol. The van der Waals surface area contributed by atoms with E-state index < -0.39 is 16.0 Å². The molecule has 0 bridgehead atoms. The first kappa shape index (κ1) is 18.4. The van der Waals surface area contributed by atoms with Crippen LogP contribution in [-0.4, -0.2) is 32.3 Å². The number of sulfonamides is 1. The van der Waals surface area contributed by atoms with E-state index in [4.69, 9.17) is 5.11 Å². The van der Waals surface area contributed by atoms with E-state index in [1.807, 2.05) is 6.92 Å². The fourth-order valence-electron chi connectivity index (χ4n) is 2.18. The van der Waals surface area contributed by atoms with Gasteiger partial charge in [0.1, 0.15) is 6.29 Å². The monoisotopic (exact) mass is 359 g/mol. The van der Waals surface area contributed by atoms with E-state index in [9.17, 15) is 18.0 Å². The fraction of sp³-hybridized carbons (Fsp3) is 0.111. The molecule has 0 aliphatic carbocycles. The van der Waals surface area contributed by atoms with Crippen molar-refractivity contribution in [2.75, 3.05) is 10.8 Å². The smallest absolute Gasteiger partial charge is 0.328 e. The van der Waals surface area contributed by atoms with Gasteiger partial charge in [0, 0.05) is 11.6 Å². The Morgan fingerprint density at radius 1 is 1.16 bits per heavy atom. The van der Waals surface area contributed by atoms with Crippen LogP contribution in [0.3, 0.4) is 0 Å². The van der Waals surface area contributed by atoms with Crippen molar-refractivity contribution in [3.63, 3.8) is 0 Å². The van der Waals surface area contributed by atoms with E-state index in [1.165, 1.54) is 24.3 Å². The van der Waals surface area contributed by atoms with Gasteiger partial charge >= 0.3 is 5.97 Å². The van der Waals surface area contributed by atoms with Crippen LogP contribution in [0.4, 0.5) is 5.69 Å². The number of carbonyl (C=O) groups is 2. The molecule has 1 N–H and O–H groups in total. The largest absolute Gasteiger partial charge is 0.478 e. The number of carboxylic acid groups (broad SMARTS) is 1. The third-order valence-corrected chi connectivity index (χ3v) is 5.24. The molecule has 0 aliphatic rings. The second kappa shape index (κ2) is 7.76. The molecule has 0 heterocycles. The van der Waals surface area contributed by atoms with Gasteiger partial charge in [0.25, 0.3) is 10.0 Å². The first-order valence-corrected chi connectivity index (χ1v) is 8.83. The Morgan fingerprint density at radius 2 is 1.84 bits per heavy atom. The molecular weight excluding hydrogens is 342 g/mol. The van der Waals surface area contributed by atoms with Crippen molar-refractivity contribution in [3.8, 4) is 0 Å². The molecule has 0 saturated heterocycles. The molecule has 0 spiro atoms. The van der Waals surface area contributed by atoms with Gasteiger partial charge in [-0.05, 0) is 31.2 Å². The normalized spacial score (nSPS) is 11.4. The molecule has 0 atom stereocenters. The number of aliphatic carboxylic acids is 1. The number of hydrogen-bond acceptors (Lipinski definition) is 4. The Morgan fingerprint density at radius 3 is 2.44 bits per heavy atom. The highest BCUT2D eigenvalue weighted by Crippen LogP contribution is 2.24. The lowest BCUT2D eigenvalue weighted by Gasteiger charge is -2.23. The molecule has 0 amide bonds. The Balaban J connectivity index is 2.50. The maximum atomic E-state index is 13.0. The maximum Gasteiger partial charge on any atom is 0.328 e. The van der Waals surface area contributed by atoms with Crippen molar-refractivity contribution >= 4 is 28.0 Å². The minimum atomic E-state index is -3.92. The third-order valence-electron chi connectivity index (χ3n) is 3.43.